The molecule has 1 heterocycles. The highest BCUT2D eigenvalue weighted by Crippen LogP contribution is 2.63. The summed E-state index contributed by atoms with van der Waals surface area (Å²) in [6.45, 7) is 2.33. The van der Waals surface area contributed by atoms with Crippen molar-refractivity contribution in [2.24, 2.45) is 11.8 Å². The molecule has 0 aromatic heterocycles. The maximum absolute atomic E-state index is 10.9. The second-order valence-corrected chi connectivity index (χ2v) is 9.03. The molecule has 2 heteroatoms. The van der Waals surface area contributed by atoms with Gasteiger partial charge in [0.15, 0.2) is 0 Å². The Morgan fingerprint density at radius 3 is 2.52 bits per heavy atom. The Bertz CT molecular complexity index is 985. The summed E-state index contributed by atoms with van der Waals surface area (Å²) in [5.74, 6) is 2.10. The second-order valence-electron chi connectivity index (χ2n) is 9.03. The summed E-state index contributed by atoms with van der Waals surface area (Å²) in [6, 6.07) is 10.5. The zero-order valence-corrected chi connectivity index (χ0v) is 15.8. The van der Waals surface area contributed by atoms with Crippen LogP contribution in [0.25, 0.3) is 16.3 Å². The smallest absolute Gasteiger partial charge is 0.123 e. The molecule has 2 aromatic carbocycles. The van der Waals surface area contributed by atoms with Crippen LogP contribution in [0.2, 0.25) is 0 Å². The first-order valence-corrected chi connectivity index (χ1v) is 10.6. The molecule has 6 rings (SSSR count). The van der Waals surface area contributed by atoms with Gasteiger partial charge in [-0.3, -0.25) is 0 Å². The van der Waals surface area contributed by atoms with Crippen molar-refractivity contribution in [3.05, 3.63) is 59.2 Å². The van der Waals surface area contributed by atoms with Gasteiger partial charge < -0.3 is 10.4 Å². The number of aromatic hydroxyl groups is 1. The van der Waals surface area contributed by atoms with E-state index in [1.165, 1.54) is 67.3 Å². The highest BCUT2D eigenvalue weighted by Gasteiger charge is 2.53. The molecule has 0 radical (unpaired) electrons. The number of phenolic OH excluding ortho intramolecular Hbond substituents is 1. The van der Waals surface area contributed by atoms with E-state index in [0.29, 0.717) is 5.75 Å². The molecule has 2 atom stereocenters. The number of nitrogens with one attached hydrogen (secondary N) is 1. The lowest BCUT2D eigenvalue weighted by atomic mass is 9.72. The van der Waals surface area contributed by atoms with E-state index >= 15 is 0 Å². The van der Waals surface area contributed by atoms with Crippen LogP contribution in [-0.2, 0) is 5.41 Å². The second kappa shape index (κ2) is 5.72. The zero-order chi connectivity index (χ0) is 18.0. The van der Waals surface area contributed by atoms with Gasteiger partial charge in [-0.15, -0.1) is 0 Å². The van der Waals surface area contributed by atoms with Crippen LogP contribution in [0.5, 0.6) is 5.75 Å². The Morgan fingerprint density at radius 1 is 1.00 bits per heavy atom. The van der Waals surface area contributed by atoms with Crippen LogP contribution < -0.4 is 5.32 Å². The largest absolute Gasteiger partial charge is 0.507 e. The molecule has 138 valence electrons. The summed E-state index contributed by atoms with van der Waals surface area (Å²) in [7, 11) is 0. The van der Waals surface area contributed by atoms with Gasteiger partial charge in [0.1, 0.15) is 5.75 Å². The third-order valence-electron chi connectivity index (χ3n) is 7.83. The third-order valence-corrected chi connectivity index (χ3v) is 7.83. The molecule has 1 saturated carbocycles. The Kier molecular flexibility index (Phi) is 3.38. The lowest BCUT2D eigenvalue weighted by Crippen LogP contribution is -2.25. The minimum Gasteiger partial charge on any atom is -0.507 e. The highest BCUT2D eigenvalue weighted by atomic mass is 16.3. The van der Waals surface area contributed by atoms with E-state index in [9.17, 15) is 5.11 Å². The number of rotatable bonds is 0. The van der Waals surface area contributed by atoms with E-state index in [1.54, 1.807) is 5.57 Å². The first kappa shape index (κ1) is 15.9. The summed E-state index contributed by atoms with van der Waals surface area (Å²) in [5.41, 5.74) is 6.17. The molecular formula is C25H27NO. The van der Waals surface area contributed by atoms with Crippen molar-refractivity contribution in [2.75, 3.05) is 13.1 Å². The van der Waals surface area contributed by atoms with Crippen LogP contribution in [0.3, 0.4) is 0 Å². The summed E-state index contributed by atoms with van der Waals surface area (Å²) < 4.78 is 0. The fourth-order valence-electron chi connectivity index (χ4n) is 6.74. The van der Waals surface area contributed by atoms with Gasteiger partial charge in [-0.2, -0.15) is 0 Å². The summed E-state index contributed by atoms with van der Waals surface area (Å²) in [4.78, 5) is 0. The van der Waals surface area contributed by atoms with Gasteiger partial charge in [0.05, 0.1) is 0 Å². The molecule has 1 spiro atoms. The maximum Gasteiger partial charge on any atom is 0.123 e. The van der Waals surface area contributed by atoms with E-state index in [-0.39, 0.29) is 5.41 Å². The molecule has 2 unspecified atom stereocenters. The molecule has 1 aliphatic heterocycles. The standard InChI is InChI=1S/C25H27NO/c27-23-13-22-24(19-6-2-1-5-18(19)23)20-7-3-4-8-21(20)25(22)14-16-9-11-26-12-10-17(16)15-25/h1-3,5-7,13,16-17,26-27H,4,8-12,14-15H2. The van der Waals surface area contributed by atoms with E-state index in [4.69, 9.17) is 0 Å². The molecule has 0 bridgehead atoms. The predicted molar refractivity (Wildman–Crippen MR) is 111 cm³/mol. The molecule has 4 aliphatic rings. The quantitative estimate of drug-likeness (QED) is 0.670. The normalized spacial score (nSPS) is 31.9. The van der Waals surface area contributed by atoms with Gasteiger partial charge in [-0.25, -0.2) is 0 Å². The van der Waals surface area contributed by atoms with Crippen molar-refractivity contribution in [3.63, 3.8) is 0 Å². The topological polar surface area (TPSA) is 32.3 Å². The minimum atomic E-state index is 0.170. The molecule has 1 saturated heterocycles. The van der Waals surface area contributed by atoms with Crippen LogP contribution in [0, 0.1) is 11.8 Å². The SMILES string of the molecule is Oc1cc2c(c3ccccc13)C1=C(CCC=C1)C21CC2CCNCCC2C1. The minimum absolute atomic E-state index is 0.170. The van der Waals surface area contributed by atoms with Crippen LogP contribution >= 0.6 is 0 Å². The fourth-order valence-corrected chi connectivity index (χ4v) is 6.74. The fraction of sp³-hybridized carbons (Fsp3) is 0.440. The van der Waals surface area contributed by atoms with Gasteiger partial charge in [-0.1, -0.05) is 42.0 Å². The lowest BCUT2D eigenvalue weighted by molar-refractivity contribution is 0.378. The lowest BCUT2D eigenvalue weighted by Gasteiger charge is -2.31. The highest BCUT2D eigenvalue weighted by molar-refractivity contribution is 6.04. The first-order valence-electron chi connectivity index (χ1n) is 10.6. The molecule has 2 N–H and O–H groups in total. The molecule has 2 aromatic rings. The molecular weight excluding hydrogens is 330 g/mol. The molecule has 2 fully saturated rings. The first-order chi connectivity index (χ1) is 13.3. The average Bonchev–Trinajstić information content (AvgIpc) is 3.10. The van der Waals surface area contributed by atoms with Crippen LogP contribution in [-0.4, -0.2) is 18.2 Å². The summed E-state index contributed by atoms with van der Waals surface area (Å²) in [6.07, 6.45) is 12.2. The number of hydrogen-bond donors (Lipinski definition) is 2. The van der Waals surface area contributed by atoms with Crippen molar-refractivity contribution < 1.29 is 5.11 Å². The van der Waals surface area contributed by atoms with Crippen molar-refractivity contribution >= 4 is 16.3 Å². The number of phenols is 1. The van der Waals surface area contributed by atoms with Crippen molar-refractivity contribution in [3.8, 4) is 5.75 Å². The Hall–Kier alpha value is -2.06. The number of benzene rings is 2. The Morgan fingerprint density at radius 2 is 1.74 bits per heavy atom. The number of allylic oxidation sites excluding steroid dienone is 4. The van der Waals surface area contributed by atoms with Crippen molar-refractivity contribution in [1.82, 2.24) is 5.32 Å². The predicted octanol–water partition coefficient (Wildman–Crippen LogP) is 5.31. The van der Waals surface area contributed by atoms with Gasteiger partial charge in [0.25, 0.3) is 0 Å². The average molecular weight is 357 g/mol. The van der Waals surface area contributed by atoms with E-state index in [2.05, 4.69) is 41.7 Å². The van der Waals surface area contributed by atoms with E-state index in [0.717, 1.165) is 23.6 Å². The van der Waals surface area contributed by atoms with Gasteiger partial charge >= 0.3 is 0 Å². The van der Waals surface area contributed by atoms with Crippen LogP contribution in [0.15, 0.2) is 48.1 Å². The van der Waals surface area contributed by atoms with Crippen LogP contribution in [0.1, 0.15) is 49.7 Å². The molecule has 0 amide bonds. The maximum atomic E-state index is 10.9. The Balaban J connectivity index is 1.61. The van der Waals surface area contributed by atoms with E-state index in [1.807, 2.05) is 6.07 Å². The number of hydrogen-bond acceptors (Lipinski definition) is 2. The van der Waals surface area contributed by atoms with Crippen molar-refractivity contribution in [1.29, 1.82) is 0 Å². The summed E-state index contributed by atoms with van der Waals surface area (Å²) in [5, 5.41) is 16.7. The third kappa shape index (κ3) is 2.11. The number of fused-ring (bicyclic) bond motifs is 7. The van der Waals surface area contributed by atoms with Gasteiger partial charge in [-0.05, 0) is 91.6 Å². The molecule has 27 heavy (non-hydrogen) atoms. The summed E-state index contributed by atoms with van der Waals surface area (Å²) >= 11 is 0. The van der Waals surface area contributed by atoms with Gasteiger partial charge in [0.2, 0.25) is 0 Å². The van der Waals surface area contributed by atoms with Crippen molar-refractivity contribution in [2.45, 2.75) is 43.9 Å². The van der Waals surface area contributed by atoms with Gasteiger partial charge in [0, 0.05) is 10.8 Å². The zero-order valence-electron chi connectivity index (χ0n) is 15.8. The molecule has 2 nitrogen and oxygen atoms in total. The Labute approximate surface area is 161 Å². The molecule has 3 aliphatic carbocycles. The van der Waals surface area contributed by atoms with Crippen LogP contribution in [0.4, 0.5) is 0 Å². The van der Waals surface area contributed by atoms with E-state index < -0.39 is 0 Å². The monoisotopic (exact) mass is 357 g/mol.